The minimum Gasteiger partial charge on any atom is -0.396 e. The first-order valence-electron chi connectivity index (χ1n) is 12.0. The van der Waals surface area contributed by atoms with E-state index in [9.17, 15) is 19.8 Å². The van der Waals surface area contributed by atoms with E-state index in [1.165, 1.54) is 22.7 Å². The van der Waals surface area contributed by atoms with E-state index in [1.807, 2.05) is 12.3 Å². The van der Waals surface area contributed by atoms with Crippen LogP contribution in [0.2, 0.25) is 0 Å². The quantitative estimate of drug-likeness (QED) is 0.475. The van der Waals surface area contributed by atoms with E-state index in [-0.39, 0.29) is 48.0 Å². The number of aliphatic hydroxyl groups excluding tert-OH is 2. The molecule has 0 aromatic carbocycles. The van der Waals surface area contributed by atoms with Crippen LogP contribution in [0.4, 0.5) is 10.3 Å². The number of nitrogens with one attached hydrogen (secondary N) is 2. The summed E-state index contributed by atoms with van der Waals surface area (Å²) in [4.78, 5) is 35.7. The zero-order valence-electron chi connectivity index (χ0n) is 19.5. The molecule has 0 bridgehead atoms. The predicted molar refractivity (Wildman–Crippen MR) is 132 cm³/mol. The molecule has 34 heavy (non-hydrogen) atoms. The Morgan fingerprint density at radius 1 is 1.21 bits per heavy atom. The van der Waals surface area contributed by atoms with Gasteiger partial charge in [-0.2, -0.15) is 0 Å². The van der Waals surface area contributed by atoms with Gasteiger partial charge < -0.3 is 20.8 Å². The normalized spacial score (nSPS) is 32.9. The number of rotatable bonds is 6. The Morgan fingerprint density at radius 2 is 2.00 bits per heavy atom. The summed E-state index contributed by atoms with van der Waals surface area (Å²) < 4.78 is 0. The second-order valence-corrected chi connectivity index (χ2v) is 12.5. The van der Waals surface area contributed by atoms with Gasteiger partial charge in [-0.1, -0.05) is 20.3 Å². The molecule has 0 aliphatic heterocycles. The number of fused-ring (bicyclic) bond motifs is 2. The monoisotopic (exact) mass is 504 g/mol. The van der Waals surface area contributed by atoms with Crippen LogP contribution in [0.25, 0.3) is 0 Å². The van der Waals surface area contributed by atoms with E-state index < -0.39 is 11.5 Å². The number of amides is 2. The molecule has 8 nitrogen and oxygen atoms in total. The largest absolute Gasteiger partial charge is 0.396 e. The van der Waals surface area contributed by atoms with Crippen LogP contribution in [-0.4, -0.2) is 44.7 Å². The first kappa shape index (κ1) is 23.8. The molecule has 3 aliphatic carbocycles. The van der Waals surface area contributed by atoms with Crippen LogP contribution in [-0.2, 0) is 16.0 Å². The first-order chi connectivity index (χ1) is 16.2. The van der Waals surface area contributed by atoms with Gasteiger partial charge in [0.05, 0.1) is 18.4 Å². The molecule has 2 saturated carbocycles. The van der Waals surface area contributed by atoms with Crippen molar-refractivity contribution in [2.45, 2.75) is 70.8 Å². The van der Waals surface area contributed by atoms with Gasteiger partial charge in [-0.15, -0.1) is 22.7 Å². The SMILES string of the molecule is CC1(CO)C(O)CCC2(C)C(CC(=O)Nc3nccs3)c3nc(NC(=O)C4CCC4)sc3CC12. The Bertz CT molecular complexity index is 1070. The van der Waals surface area contributed by atoms with E-state index in [1.54, 1.807) is 6.20 Å². The molecule has 5 atom stereocenters. The predicted octanol–water partition coefficient (Wildman–Crippen LogP) is 3.78. The standard InChI is InChI=1S/C24H32N4O4S2/c1-23-7-6-17(30)24(2,12-29)16(23)11-15-19(14(23)10-18(31)26-21-25-8-9-33-21)27-22(34-15)28-20(32)13-4-3-5-13/h8-9,13-14,16-17,29-30H,3-7,10-12H2,1-2H3,(H,25,26,31)(H,27,28,32). The van der Waals surface area contributed by atoms with Crippen LogP contribution < -0.4 is 10.6 Å². The summed E-state index contributed by atoms with van der Waals surface area (Å²) in [5, 5.41) is 30.1. The average molecular weight is 505 g/mol. The number of anilines is 2. The van der Waals surface area contributed by atoms with Crippen molar-refractivity contribution in [3.05, 3.63) is 22.1 Å². The lowest BCUT2D eigenvalue weighted by Gasteiger charge is -2.58. The molecular weight excluding hydrogens is 472 g/mol. The lowest BCUT2D eigenvalue weighted by atomic mass is 9.47. The average Bonchev–Trinajstić information content (AvgIpc) is 3.40. The van der Waals surface area contributed by atoms with Crippen molar-refractivity contribution in [2.75, 3.05) is 17.2 Å². The van der Waals surface area contributed by atoms with Crippen LogP contribution in [0.3, 0.4) is 0 Å². The molecule has 5 unspecified atom stereocenters. The molecule has 4 N–H and O–H groups in total. The van der Waals surface area contributed by atoms with Gasteiger partial charge in [-0.05, 0) is 43.4 Å². The highest BCUT2D eigenvalue weighted by Crippen LogP contribution is 2.62. The summed E-state index contributed by atoms with van der Waals surface area (Å²) in [5.41, 5.74) is -0.125. The maximum absolute atomic E-state index is 13.1. The highest BCUT2D eigenvalue weighted by Gasteiger charge is 2.59. The van der Waals surface area contributed by atoms with Gasteiger partial charge in [0.2, 0.25) is 11.8 Å². The van der Waals surface area contributed by atoms with Crippen molar-refractivity contribution in [3.63, 3.8) is 0 Å². The highest BCUT2D eigenvalue weighted by atomic mass is 32.1. The van der Waals surface area contributed by atoms with Crippen molar-refractivity contribution in [1.29, 1.82) is 0 Å². The molecule has 0 spiro atoms. The van der Waals surface area contributed by atoms with E-state index in [0.29, 0.717) is 23.1 Å². The summed E-state index contributed by atoms with van der Waals surface area (Å²) >= 11 is 2.85. The van der Waals surface area contributed by atoms with Crippen molar-refractivity contribution in [1.82, 2.24) is 9.97 Å². The van der Waals surface area contributed by atoms with E-state index in [4.69, 9.17) is 4.98 Å². The van der Waals surface area contributed by atoms with Crippen LogP contribution in [0.5, 0.6) is 0 Å². The number of nitrogens with zero attached hydrogens (tertiary/aromatic N) is 2. The van der Waals surface area contributed by atoms with Crippen LogP contribution in [0, 0.1) is 22.7 Å². The van der Waals surface area contributed by atoms with Crippen molar-refractivity contribution < 1.29 is 19.8 Å². The first-order valence-corrected chi connectivity index (χ1v) is 13.7. The second-order valence-electron chi connectivity index (χ2n) is 10.6. The molecule has 0 radical (unpaired) electrons. The van der Waals surface area contributed by atoms with Gasteiger partial charge in [0.25, 0.3) is 0 Å². The molecule has 10 heteroatoms. The molecule has 2 fully saturated rings. The minimum absolute atomic E-state index is 0.0189. The number of carbonyl (C=O) groups is 2. The van der Waals surface area contributed by atoms with Gasteiger partial charge in [0.1, 0.15) is 0 Å². The molecule has 2 aromatic rings. The molecule has 3 aliphatic rings. The smallest absolute Gasteiger partial charge is 0.229 e. The number of hydrogen-bond donors (Lipinski definition) is 4. The lowest BCUT2D eigenvalue weighted by molar-refractivity contribution is -0.143. The summed E-state index contributed by atoms with van der Waals surface area (Å²) in [6, 6.07) is 0. The Morgan fingerprint density at radius 3 is 2.65 bits per heavy atom. The summed E-state index contributed by atoms with van der Waals surface area (Å²) in [7, 11) is 0. The van der Waals surface area contributed by atoms with Gasteiger partial charge in [-0.3, -0.25) is 9.59 Å². The third-order valence-electron chi connectivity index (χ3n) is 8.67. The van der Waals surface area contributed by atoms with Gasteiger partial charge >= 0.3 is 0 Å². The molecule has 0 saturated heterocycles. The number of hydrogen-bond acceptors (Lipinski definition) is 8. The third kappa shape index (κ3) is 3.98. The van der Waals surface area contributed by atoms with Gasteiger partial charge in [-0.25, -0.2) is 9.97 Å². The van der Waals surface area contributed by atoms with Crippen molar-refractivity contribution in [3.8, 4) is 0 Å². The number of aliphatic hydroxyl groups is 2. The van der Waals surface area contributed by atoms with Crippen molar-refractivity contribution in [2.24, 2.45) is 22.7 Å². The van der Waals surface area contributed by atoms with Crippen LogP contribution >= 0.6 is 22.7 Å². The topological polar surface area (TPSA) is 124 Å². The summed E-state index contributed by atoms with van der Waals surface area (Å²) in [6.07, 6.45) is 6.19. The molecule has 5 rings (SSSR count). The Labute approximate surface area is 207 Å². The van der Waals surface area contributed by atoms with Gasteiger partial charge in [0.15, 0.2) is 10.3 Å². The molecule has 2 aromatic heterocycles. The zero-order valence-corrected chi connectivity index (χ0v) is 21.2. The Balaban J connectivity index is 1.49. The zero-order chi connectivity index (χ0) is 24.1. The maximum atomic E-state index is 13.1. The fourth-order valence-electron chi connectivity index (χ4n) is 6.22. The number of thiazole rings is 2. The number of carbonyl (C=O) groups excluding carboxylic acids is 2. The van der Waals surface area contributed by atoms with Crippen molar-refractivity contribution >= 4 is 44.8 Å². The minimum atomic E-state index is -0.673. The Hall–Kier alpha value is -1.88. The highest BCUT2D eigenvalue weighted by molar-refractivity contribution is 7.16. The molecule has 2 amide bonds. The molecule has 2 heterocycles. The molecule has 184 valence electrons. The lowest BCUT2D eigenvalue weighted by Crippen LogP contribution is -2.57. The van der Waals surface area contributed by atoms with E-state index in [0.717, 1.165) is 36.3 Å². The fraction of sp³-hybridized carbons (Fsp3) is 0.667. The van der Waals surface area contributed by atoms with Crippen LogP contribution in [0.1, 0.15) is 68.9 Å². The fourth-order valence-corrected chi connectivity index (χ4v) is 7.83. The van der Waals surface area contributed by atoms with E-state index >= 15 is 0 Å². The van der Waals surface area contributed by atoms with Gasteiger partial charge in [0, 0.05) is 40.1 Å². The summed E-state index contributed by atoms with van der Waals surface area (Å²) in [6.45, 7) is 4.01. The molecular formula is C24H32N4O4S2. The Kier molecular flexibility index (Phi) is 6.29. The summed E-state index contributed by atoms with van der Waals surface area (Å²) in [5.74, 6) is -0.249. The number of aromatic nitrogens is 2. The van der Waals surface area contributed by atoms with Crippen LogP contribution in [0.15, 0.2) is 11.6 Å². The third-order valence-corrected chi connectivity index (χ3v) is 10.4. The second kappa shape index (κ2) is 8.96. The maximum Gasteiger partial charge on any atom is 0.229 e. The van der Waals surface area contributed by atoms with E-state index in [2.05, 4.69) is 22.5 Å².